The molecule has 0 spiro atoms. The molecule has 3 nitrogen and oxygen atoms in total. The fourth-order valence-electron chi connectivity index (χ4n) is 4.39. The van der Waals surface area contributed by atoms with Gasteiger partial charge in [-0.15, -0.1) is 0 Å². The highest BCUT2D eigenvalue weighted by molar-refractivity contribution is 6.69. The normalized spacial score (nSPS) is 45.5. The largest absolute Gasteiger partial charge is 0.399 e. The van der Waals surface area contributed by atoms with Crippen LogP contribution in [0.15, 0.2) is 0 Å². The predicted molar refractivity (Wildman–Crippen MR) is 76.6 cm³/mol. The molecule has 19 heavy (non-hydrogen) atoms. The number of nitriles is 2. The lowest BCUT2D eigenvalue weighted by atomic mass is 9.63. The van der Waals surface area contributed by atoms with Gasteiger partial charge in [0, 0.05) is 11.8 Å². The van der Waals surface area contributed by atoms with Crippen LogP contribution in [0.1, 0.15) is 39.5 Å². The highest BCUT2D eigenvalue weighted by atomic mass is 28.4. The molecule has 0 aromatic carbocycles. The minimum Gasteiger partial charge on any atom is -0.399 e. The Kier molecular flexibility index (Phi) is 3.12. The van der Waals surface area contributed by atoms with Crippen molar-refractivity contribution in [1.82, 2.24) is 0 Å². The summed E-state index contributed by atoms with van der Waals surface area (Å²) in [7, 11) is -1.83. The van der Waals surface area contributed by atoms with E-state index in [-0.39, 0.29) is 16.7 Å². The van der Waals surface area contributed by atoms with Crippen molar-refractivity contribution in [3.05, 3.63) is 0 Å². The van der Waals surface area contributed by atoms with Crippen molar-refractivity contribution in [3.8, 4) is 12.1 Å². The minimum atomic E-state index is -1.83. The molecule has 104 valence electrons. The Bertz CT molecular complexity index is 472. The molecule has 0 bridgehead atoms. The molecule has 2 fully saturated rings. The molecular weight excluding hydrogens is 252 g/mol. The monoisotopic (exact) mass is 276 g/mol. The third-order valence-electron chi connectivity index (χ3n) is 5.60. The Hall–Kier alpha value is -0.843. The van der Waals surface area contributed by atoms with Crippen LogP contribution in [-0.2, 0) is 4.43 Å². The van der Waals surface area contributed by atoms with E-state index in [2.05, 4.69) is 45.6 Å². The standard InChI is InChI=1S/C15H24N2OSi/c1-13-7-6-8-14(13,2)15(11-17,9-12(13)10-16)18-19(3,4)5/h12H,6-9H2,1-5H3/t12-,13-,14-,15?/m0/s1. The van der Waals surface area contributed by atoms with Gasteiger partial charge < -0.3 is 4.43 Å². The summed E-state index contributed by atoms with van der Waals surface area (Å²) in [5.41, 5.74) is -1.02. The molecule has 4 atom stereocenters. The maximum Gasteiger partial charge on any atom is 0.185 e. The van der Waals surface area contributed by atoms with Crippen LogP contribution in [0.4, 0.5) is 0 Å². The highest BCUT2D eigenvalue weighted by Crippen LogP contribution is 2.70. The molecule has 1 unspecified atom stereocenters. The number of fused-ring (bicyclic) bond motifs is 1. The molecule has 2 aliphatic carbocycles. The van der Waals surface area contributed by atoms with E-state index in [9.17, 15) is 10.5 Å². The first-order valence-corrected chi connectivity index (χ1v) is 10.6. The molecule has 2 rings (SSSR count). The summed E-state index contributed by atoms with van der Waals surface area (Å²) in [5.74, 6) is -0.0593. The van der Waals surface area contributed by atoms with Crippen molar-refractivity contribution < 1.29 is 4.43 Å². The van der Waals surface area contributed by atoms with Crippen LogP contribution in [0.5, 0.6) is 0 Å². The van der Waals surface area contributed by atoms with Crippen molar-refractivity contribution in [1.29, 1.82) is 10.5 Å². The van der Waals surface area contributed by atoms with E-state index in [1.54, 1.807) is 0 Å². The summed E-state index contributed by atoms with van der Waals surface area (Å²) in [4.78, 5) is 0. The fraction of sp³-hybridized carbons (Fsp3) is 0.867. The average molecular weight is 276 g/mol. The first-order valence-electron chi connectivity index (χ1n) is 7.15. The lowest BCUT2D eigenvalue weighted by Gasteiger charge is -2.46. The number of hydrogen-bond donors (Lipinski definition) is 0. The summed E-state index contributed by atoms with van der Waals surface area (Å²) in [6.45, 7) is 10.8. The molecule has 0 saturated heterocycles. The van der Waals surface area contributed by atoms with Crippen LogP contribution in [0.3, 0.4) is 0 Å². The van der Waals surface area contributed by atoms with Gasteiger partial charge in [0.25, 0.3) is 0 Å². The Labute approximate surface area is 117 Å². The smallest absolute Gasteiger partial charge is 0.185 e. The van der Waals surface area contributed by atoms with Crippen LogP contribution in [0.2, 0.25) is 19.6 Å². The second kappa shape index (κ2) is 4.07. The second-order valence-electron chi connectivity index (χ2n) is 7.64. The second-order valence-corrected chi connectivity index (χ2v) is 12.1. The van der Waals surface area contributed by atoms with E-state index in [4.69, 9.17) is 4.43 Å². The Morgan fingerprint density at radius 2 is 1.79 bits per heavy atom. The average Bonchev–Trinajstić information content (AvgIpc) is 2.68. The van der Waals surface area contributed by atoms with Gasteiger partial charge in [0.1, 0.15) is 0 Å². The Morgan fingerprint density at radius 3 is 2.26 bits per heavy atom. The van der Waals surface area contributed by atoms with Gasteiger partial charge in [-0.2, -0.15) is 10.5 Å². The quantitative estimate of drug-likeness (QED) is 0.720. The molecule has 0 aliphatic heterocycles. The van der Waals surface area contributed by atoms with Crippen molar-refractivity contribution >= 4 is 8.32 Å². The maximum absolute atomic E-state index is 9.86. The fourth-order valence-corrected chi connectivity index (χ4v) is 5.79. The SMILES string of the molecule is C[C@@]12CCC[C@]1(C)C(C#N)(O[Si](C)(C)C)C[C@H]2C#N. The molecule has 0 amide bonds. The third kappa shape index (κ3) is 1.77. The Balaban J connectivity index is 2.53. The third-order valence-corrected chi connectivity index (χ3v) is 6.56. The summed E-state index contributed by atoms with van der Waals surface area (Å²) < 4.78 is 6.38. The van der Waals surface area contributed by atoms with Gasteiger partial charge >= 0.3 is 0 Å². The van der Waals surface area contributed by atoms with Crippen LogP contribution in [0, 0.1) is 39.4 Å². The zero-order valence-corrected chi connectivity index (χ0v) is 13.7. The van der Waals surface area contributed by atoms with E-state index in [1.807, 2.05) is 0 Å². The van der Waals surface area contributed by atoms with E-state index in [0.717, 1.165) is 19.3 Å². The molecule has 2 aliphatic rings. The Morgan fingerprint density at radius 1 is 1.16 bits per heavy atom. The van der Waals surface area contributed by atoms with Gasteiger partial charge in [0.2, 0.25) is 0 Å². The van der Waals surface area contributed by atoms with Gasteiger partial charge in [-0.25, -0.2) is 0 Å². The van der Waals surface area contributed by atoms with Gasteiger partial charge in [-0.1, -0.05) is 20.3 Å². The zero-order chi connectivity index (χ0) is 14.5. The summed E-state index contributed by atoms with van der Waals surface area (Å²) in [5, 5.41) is 19.4. The first-order chi connectivity index (χ1) is 8.64. The van der Waals surface area contributed by atoms with Crippen molar-refractivity contribution in [2.45, 2.75) is 64.8 Å². The van der Waals surface area contributed by atoms with E-state index >= 15 is 0 Å². The van der Waals surface area contributed by atoms with Gasteiger partial charge in [-0.05, 0) is 37.9 Å². The lowest BCUT2D eigenvalue weighted by molar-refractivity contribution is -0.0242. The van der Waals surface area contributed by atoms with Crippen LogP contribution in [-0.4, -0.2) is 13.9 Å². The molecule has 0 radical (unpaired) electrons. The van der Waals surface area contributed by atoms with Gasteiger partial charge in [-0.3, -0.25) is 0 Å². The zero-order valence-electron chi connectivity index (χ0n) is 12.7. The van der Waals surface area contributed by atoms with Gasteiger partial charge in [0.05, 0.1) is 18.1 Å². The summed E-state index contributed by atoms with van der Waals surface area (Å²) in [6.07, 6.45) is 3.72. The number of rotatable bonds is 2. The molecule has 0 aromatic heterocycles. The molecule has 0 N–H and O–H groups in total. The van der Waals surface area contributed by atoms with Crippen LogP contribution >= 0.6 is 0 Å². The maximum atomic E-state index is 9.86. The van der Waals surface area contributed by atoms with Crippen molar-refractivity contribution in [3.63, 3.8) is 0 Å². The molecule has 4 heteroatoms. The van der Waals surface area contributed by atoms with Crippen molar-refractivity contribution in [2.24, 2.45) is 16.7 Å². The predicted octanol–water partition coefficient (Wildman–Crippen LogP) is 3.84. The van der Waals surface area contributed by atoms with Gasteiger partial charge in [0.15, 0.2) is 13.9 Å². The molecule has 0 aromatic rings. The summed E-state index contributed by atoms with van der Waals surface area (Å²) >= 11 is 0. The molecule has 2 saturated carbocycles. The van der Waals surface area contributed by atoms with E-state index in [0.29, 0.717) is 6.42 Å². The van der Waals surface area contributed by atoms with Crippen molar-refractivity contribution in [2.75, 3.05) is 0 Å². The molecular formula is C15H24N2OSi. The topological polar surface area (TPSA) is 56.8 Å². The van der Waals surface area contributed by atoms with E-state index in [1.165, 1.54) is 0 Å². The first kappa shape index (κ1) is 14.6. The van der Waals surface area contributed by atoms with Crippen LogP contribution in [0.25, 0.3) is 0 Å². The highest BCUT2D eigenvalue weighted by Gasteiger charge is 2.71. The summed E-state index contributed by atoms with van der Waals surface area (Å²) in [6, 6.07) is 4.96. The number of hydrogen-bond acceptors (Lipinski definition) is 3. The molecule has 0 heterocycles. The van der Waals surface area contributed by atoms with Crippen LogP contribution < -0.4 is 0 Å². The number of nitrogens with zero attached hydrogens (tertiary/aromatic N) is 2. The minimum absolute atomic E-state index is 0.0593. The lowest BCUT2D eigenvalue weighted by Crippen LogP contribution is -2.52. The van der Waals surface area contributed by atoms with E-state index < -0.39 is 13.9 Å².